The summed E-state index contributed by atoms with van der Waals surface area (Å²) >= 11 is 5.84. The molecule has 2 unspecified atom stereocenters. The molecule has 1 heterocycles. The van der Waals surface area contributed by atoms with Crippen molar-refractivity contribution in [2.75, 3.05) is 13.1 Å². The molecule has 1 fully saturated rings. The largest absolute Gasteiger partial charge is 0.457 e. The summed E-state index contributed by atoms with van der Waals surface area (Å²) in [5, 5.41) is 14.3. The zero-order valence-corrected chi connectivity index (χ0v) is 12.4. The molecule has 0 aromatic heterocycles. The predicted molar refractivity (Wildman–Crippen MR) is 83.9 cm³/mol. The monoisotopic (exact) mass is 303 g/mol. The minimum absolute atomic E-state index is 0.299. The molecule has 1 aliphatic heterocycles. The lowest BCUT2D eigenvalue weighted by Crippen LogP contribution is -2.16. The van der Waals surface area contributed by atoms with Crippen molar-refractivity contribution in [3.8, 4) is 11.5 Å². The molecule has 21 heavy (non-hydrogen) atoms. The third kappa shape index (κ3) is 3.56. The first-order valence-corrected chi connectivity index (χ1v) is 7.52. The van der Waals surface area contributed by atoms with Crippen LogP contribution in [-0.2, 0) is 0 Å². The number of aliphatic hydroxyl groups is 1. The van der Waals surface area contributed by atoms with Crippen LogP contribution in [0.15, 0.2) is 48.5 Å². The fourth-order valence-corrected chi connectivity index (χ4v) is 2.72. The Kier molecular flexibility index (Phi) is 4.44. The number of hydrogen-bond donors (Lipinski definition) is 2. The highest BCUT2D eigenvalue weighted by molar-refractivity contribution is 6.30. The highest BCUT2D eigenvalue weighted by Crippen LogP contribution is 2.29. The first-order chi connectivity index (χ1) is 10.2. The summed E-state index contributed by atoms with van der Waals surface area (Å²) in [6, 6.07) is 14.9. The summed E-state index contributed by atoms with van der Waals surface area (Å²) in [6.45, 7) is 1.86. The Morgan fingerprint density at radius 3 is 2.24 bits per heavy atom. The average Bonchev–Trinajstić information content (AvgIpc) is 3.04. The maximum atomic E-state index is 10.3. The summed E-state index contributed by atoms with van der Waals surface area (Å²) in [4.78, 5) is 0. The standard InChI is InChI=1S/C17H18ClNO2/c18-14-3-7-16(8-4-14)21-15-5-1-12(2-6-15)17(20)13-9-10-19-11-13/h1-8,13,17,19-20H,9-11H2. The zero-order valence-electron chi connectivity index (χ0n) is 11.6. The first kappa shape index (κ1) is 14.4. The fraction of sp³-hybridized carbons (Fsp3) is 0.294. The van der Waals surface area contributed by atoms with E-state index in [2.05, 4.69) is 5.32 Å². The number of ether oxygens (including phenoxy) is 1. The molecule has 2 aromatic rings. The van der Waals surface area contributed by atoms with E-state index in [1.807, 2.05) is 36.4 Å². The van der Waals surface area contributed by atoms with Crippen molar-refractivity contribution < 1.29 is 9.84 Å². The van der Waals surface area contributed by atoms with E-state index in [1.54, 1.807) is 12.1 Å². The number of nitrogens with one attached hydrogen (secondary N) is 1. The predicted octanol–water partition coefficient (Wildman–Crippen LogP) is 3.78. The van der Waals surface area contributed by atoms with E-state index in [9.17, 15) is 5.11 Å². The minimum Gasteiger partial charge on any atom is -0.457 e. The summed E-state index contributed by atoms with van der Waals surface area (Å²) in [5.74, 6) is 1.79. The molecule has 0 bridgehead atoms. The minimum atomic E-state index is -0.412. The van der Waals surface area contributed by atoms with E-state index in [-0.39, 0.29) is 0 Å². The van der Waals surface area contributed by atoms with Gasteiger partial charge >= 0.3 is 0 Å². The normalized spacial score (nSPS) is 19.4. The van der Waals surface area contributed by atoms with Crippen molar-refractivity contribution in [3.05, 3.63) is 59.1 Å². The van der Waals surface area contributed by atoms with Gasteiger partial charge in [-0.1, -0.05) is 23.7 Å². The van der Waals surface area contributed by atoms with E-state index < -0.39 is 6.10 Å². The molecule has 1 aliphatic rings. The Morgan fingerprint density at radius 2 is 1.67 bits per heavy atom. The van der Waals surface area contributed by atoms with Gasteiger partial charge in [0.2, 0.25) is 0 Å². The zero-order chi connectivity index (χ0) is 14.7. The number of halogens is 1. The molecule has 110 valence electrons. The van der Waals surface area contributed by atoms with Crippen LogP contribution in [0.1, 0.15) is 18.1 Å². The van der Waals surface area contributed by atoms with Crippen LogP contribution in [0.3, 0.4) is 0 Å². The third-order valence-corrected chi connectivity index (χ3v) is 4.07. The first-order valence-electron chi connectivity index (χ1n) is 7.14. The van der Waals surface area contributed by atoms with Gasteiger partial charge in [0.1, 0.15) is 11.5 Å². The second-order valence-corrected chi connectivity index (χ2v) is 5.76. The van der Waals surface area contributed by atoms with Crippen molar-refractivity contribution in [3.63, 3.8) is 0 Å². The van der Waals surface area contributed by atoms with Crippen LogP contribution in [0.5, 0.6) is 11.5 Å². The van der Waals surface area contributed by atoms with Gasteiger partial charge in [-0.25, -0.2) is 0 Å². The Balaban J connectivity index is 1.67. The lowest BCUT2D eigenvalue weighted by atomic mass is 9.95. The van der Waals surface area contributed by atoms with Gasteiger partial charge in [-0.05, 0) is 54.9 Å². The lowest BCUT2D eigenvalue weighted by Gasteiger charge is -2.17. The Labute approximate surface area is 129 Å². The molecule has 0 spiro atoms. The van der Waals surface area contributed by atoms with Crippen LogP contribution < -0.4 is 10.1 Å². The molecule has 0 aliphatic carbocycles. The van der Waals surface area contributed by atoms with Crippen molar-refractivity contribution >= 4 is 11.6 Å². The molecule has 2 aromatic carbocycles. The maximum absolute atomic E-state index is 10.3. The van der Waals surface area contributed by atoms with E-state index in [0.717, 1.165) is 36.6 Å². The highest BCUT2D eigenvalue weighted by Gasteiger charge is 2.24. The molecule has 3 rings (SSSR count). The number of aliphatic hydroxyl groups excluding tert-OH is 1. The van der Waals surface area contributed by atoms with Gasteiger partial charge in [0, 0.05) is 17.5 Å². The molecule has 0 saturated carbocycles. The number of hydrogen-bond acceptors (Lipinski definition) is 3. The van der Waals surface area contributed by atoms with Gasteiger partial charge in [0.15, 0.2) is 0 Å². The van der Waals surface area contributed by atoms with E-state index in [1.165, 1.54) is 0 Å². The summed E-state index contributed by atoms with van der Waals surface area (Å²) in [7, 11) is 0. The average molecular weight is 304 g/mol. The fourth-order valence-electron chi connectivity index (χ4n) is 2.59. The van der Waals surface area contributed by atoms with Gasteiger partial charge in [0.25, 0.3) is 0 Å². The van der Waals surface area contributed by atoms with Crippen LogP contribution >= 0.6 is 11.6 Å². The third-order valence-electron chi connectivity index (χ3n) is 3.82. The molecular weight excluding hydrogens is 286 g/mol. The smallest absolute Gasteiger partial charge is 0.127 e. The number of benzene rings is 2. The molecular formula is C17H18ClNO2. The Bertz CT molecular complexity index is 577. The van der Waals surface area contributed by atoms with Crippen molar-refractivity contribution in [2.45, 2.75) is 12.5 Å². The highest BCUT2D eigenvalue weighted by atomic mass is 35.5. The van der Waals surface area contributed by atoms with Crippen molar-refractivity contribution in [2.24, 2.45) is 5.92 Å². The van der Waals surface area contributed by atoms with Crippen molar-refractivity contribution in [1.82, 2.24) is 5.32 Å². The van der Waals surface area contributed by atoms with Crippen LogP contribution in [0.25, 0.3) is 0 Å². The summed E-state index contributed by atoms with van der Waals surface area (Å²) in [6.07, 6.45) is 0.606. The Hall–Kier alpha value is -1.55. The molecule has 2 atom stereocenters. The molecule has 2 N–H and O–H groups in total. The second kappa shape index (κ2) is 6.48. The molecule has 3 nitrogen and oxygen atoms in total. The van der Waals surface area contributed by atoms with Gasteiger partial charge in [-0.15, -0.1) is 0 Å². The van der Waals surface area contributed by atoms with Crippen LogP contribution in [-0.4, -0.2) is 18.2 Å². The Morgan fingerprint density at radius 1 is 1.05 bits per heavy atom. The lowest BCUT2D eigenvalue weighted by molar-refractivity contribution is 0.118. The van der Waals surface area contributed by atoms with Crippen molar-refractivity contribution in [1.29, 1.82) is 0 Å². The van der Waals surface area contributed by atoms with Crippen LogP contribution in [0.4, 0.5) is 0 Å². The molecule has 0 radical (unpaired) electrons. The van der Waals surface area contributed by atoms with Crippen LogP contribution in [0.2, 0.25) is 5.02 Å². The number of rotatable bonds is 4. The van der Waals surface area contributed by atoms with E-state index in [0.29, 0.717) is 10.9 Å². The van der Waals surface area contributed by atoms with Gasteiger partial charge in [0.05, 0.1) is 6.10 Å². The van der Waals surface area contributed by atoms with Crippen LogP contribution in [0, 0.1) is 5.92 Å². The van der Waals surface area contributed by atoms with E-state index >= 15 is 0 Å². The summed E-state index contributed by atoms with van der Waals surface area (Å²) < 4.78 is 5.74. The summed E-state index contributed by atoms with van der Waals surface area (Å²) in [5.41, 5.74) is 0.937. The topological polar surface area (TPSA) is 41.5 Å². The van der Waals surface area contributed by atoms with Gasteiger partial charge in [-0.2, -0.15) is 0 Å². The molecule has 4 heteroatoms. The quantitative estimate of drug-likeness (QED) is 0.903. The van der Waals surface area contributed by atoms with E-state index in [4.69, 9.17) is 16.3 Å². The molecule has 0 amide bonds. The molecule has 1 saturated heterocycles. The second-order valence-electron chi connectivity index (χ2n) is 5.32. The van der Waals surface area contributed by atoms with Gasteiger partial charge in [-0.3, -0.25) is 0 Å². The van der Waals surface area contributed by atoms with Gasteiger partial charge < -0.3 is 15.2 Å². The SMILES string of the molecule is OC(c1ccc(Oc2ccc(Cl)cc2)cc1)C1CCNC1. The maximum Gasteiger partial charge on any atom is 0.127 e.